The molecule has 1 rings (SSSR count). The molecular weight excluding hydrogens is 154 g/mol. The van der Waals surface area contributed by atoms with Crippen molar-refractivity contribution in [1.29, 1.82) is 0 Å². The molecule has 0 radical (unpaired) electrons. The van der Waals surface area contributed by atoms with Crippen molar-refractivity contribution in [2.75, 3.05) is 12.8 Å². The van der Waals surface area contributed by atoms with Crippen molar-refractivity contribution in [1.82, 2.24) is 9.78 Å². The van der Waals surface area contributed by atoms with E-state index >= 15 is 0 Å². The van der Waals surface area contributed by atoms with Crippen molar-refractivity contribution in [2.24, 2.45) is 7.05 Å². The summed E-state index contributed by atoms with van der Waals surface area (Å²) in [7, 11) is 3.50. The maximum Gasteiger partial charge on any atom is 0.124 e. The number of hydrogen-bond donors (Lipinski definition) is 1. The Kier molecular flexibility index (Phi) is 2.70. The number of methoxy groups -OCH3 is 1. The first-order valence-electron chi connectivity index (χ1n) is 3.99. The number of aromatic nitrogens is 2. The largest absolute Gasteiger partial charge is 0.384 e. The first-order chi connectivity index (χ1) is 5.70. The fourth-order valence-corrected chi connectivity index (χ4v) is 1.28. The number of ether oxygens (including phenoxy) is 1. The summed E-state index contributed by atoms with van der Waals surface area (Å²) in [6, 6.07) is 0. The summed E-state index contributed by atoms with van der Waals surface area (Å²) in [6.45, 7) is 2.60. The monoisotopic (exact) mass is 169 g/mol. The van der Waals surface area contributed by atoms with E-state index in [1.54, 1.807) is 11.8 Å². The van der Waals surface area contributed by atoms with Gasteiger partial charge in [-0.1, -0.05) is 6.92 Å². The number of anilines is 1. The lowest BCUT2D eigenvalue weighted by Gasteiger charge is -1.97. The van der Waals surface area contributed by atoms with E-state index in [4.69, 9.17) is 10.5 Å². The molecule has 4 heteroatoms. The van der Waals surface area contributed by atoms with Gasteiger partial charge in [-0.25, -0.2) is 0 Å². The van der Waals surface area contributed by atoms with E-state index in [0.717, 1.165) is 23.5 Å². The predicted molar refractivity (Wildman–Crippen MR) is 47.7 cm³/mol. The Hall–Kier alpha value is -1.03. The van der Waals surface area contributed by atoms with E-state index in [1.807, 2.05) is 7.05 Å². The minimum Gasteiger partial charge on any atom is -0.384 e. The van der Waals surface area contributed by atoms with Crippen LogP contribution in [-0.4, -0.2) is 16.9 Å². The van der Waals surface area contributed by atoms with Gasteiger partial charge in [-0.05, 0) is 6.42 Å². The van der Waals surface area contributed by atoms with Gasteiger partial charge in [0.25, 0.3) is 0 Å². The van der Waals surface area contributed by atoms with E-state index in [-0.39, 0.29) is 0 Å². The van der Waals surface area contributed by atoms with E-state index in [2.05, 4.69) is 12.0 Å². The zero-order valence-electron chi connectivity index (χ0n) is 7.79. The molecule has 0 atom stereocenters. The molecule has 1 aromatic rings. The van der Waals surface area contributed by atoms with Crippen LogP contribution >= 0.6 is 0 Å². The summed E-state index contributed by atoms with van der Waals surface area (Å²) in [5.41, 5.74) is 7.83. The van der Waals surface area contributed by atoms with Crippen LogP contribution in [0.3, 0.4) is 0 Å². The Morgan fingerprint density at radius 1 is 1.58 bits per heavy atom. The van der Waals surface area contributed by atoms with Gasteiger partial charge in [0, 0.05) is 19.7 Å². The van der Waals surface area contributed by atoms with Gasteiger partial charge in [0.15, 0.2) is 0 Å². The Labute approximate surface area is 72.3 Å². The van der Waals surface area contributed by atoms with Gasteiger partial charge >= 0.3 is 0 Å². The van der Waals surface area contributed by atoms with Crippen LogP contribution in [0.25, 0.3) is 0 Å². The van der Waals surface area contributed by atoms with E-state index in [9.17, 15) is 0 Å². The maximum absolute atomic E-state index is 5.79. The van der Waals surface area contributed by atoms with Gasteiger partial charge in [0.2, 0.25) is 0 Å². The van der Waals surface area contributed by atoms with E-state index in [0.29, 0.717) is 6.61 Å². The van der Waals surface area contributed by atoms with Crippen molar-refractivity contribution in [3.63, 3.8) is 0 Å². The van der Waals surface area contributed by atoms with Gasteiger partial charge in [-0.15, -0.1) is 0 Å². The lowest BCUT2D eigenvalue weighted by molar-refractivity contribution is 0.180. The summed E-state index contributed by atoms with van der Waals surface area (Å²) in [6.07, 6.45) is 0.901. The number of hydrogen-bond acceptors (Lipinski definition) is 3. The molecule has 68 valence electrons. The zero-order chi connectivity index (χ0) is 9.14. The number of nitrogen functional groups attached to an aromatic ring is 1. The Morgan fingerprint density at radius 2 is 2.25 bits per heavy atom. The van der Waals surface area contributed by atoms with Gasteiger partial charge < -0.3 is 10.5 Å². The molecule has 0 spiro atoms. The van der Waals surface area contributed by atoms with Crippen molar-refractivity contribution in [3.05, 3.63) is 11.3 Å². The second-order valence-corrected chi connectivity index (χ2v) is 2.72. The highest BCUT2D eigenvalue weighted by Crippen LogP contribution is 2.16. The van der Waals surface area contributed by atoms with Gasteiger partial charge in [0.1, 0.15) is 5.82 Å². The fraction of sp³-hybridized carbons (Fsp3) is 0.625. The standard InChI is InChI=1S/C8H15N3O/c1-4-6-7(5-12-3)10-11(2)8(6)9/h4-5,9H2,1-3H3. The molecule has 0 saturated heterocycles. The smallest absolute Gasteiger partial charge is 0.124 e. The highest BCUT2D eigenvalue weighted by molar-refractivity contribution is 5.43. The van der Waals surface area contributed by atoms with E-state index in [1.165, 1.54) is 0 Å². The van der Waals surface area contributed by atoms with Crippen LogP contribution in [-0.2, 0) is 24.8 Å². The second-order valence-electron chi connectivity index (χ2n) is 2.72. The average Bonchev–Trinajstić information content (AvgIpc) is 2.29. The summed E-state index contributed by atoms with van der Waals surface area (Å²) in [4.78, 5) is 0. The zero-order valence-corrected chi connectivity index (χ0v) is 7.79. The molecule has 2 N–H and O–H groups in total. The lowest BCUT2D eigenvalue weighted by atomic mass is 10.2. The highest BCUT2D eigenvalue weighted by atomic mass is 16.5. The highest BCUT2D eigenvalue weighted by Gasteiger charge is 2.10. The molecule has 0 bridgehead atoms. The molecular formula is C8H15N3O. The molecule has 0 saturated carbocycles. The molecule has 0 aromatic carbocycles. The third-order valence-electron chi connectivity index (χ3n) is 1.91. The molecule has 4 nitrogen and oxygen atoms in total. The van der Waals surface area contributed by atoms with Crippen LogP contribution in [0.15, 0.2) is 0 Å². The number of nitrogens with two attached hydrogens (primary N) is 1. The van der Waals surface area contributed by atoms with Crippen molar-refractivity contribution >= 4 is 5.82 Å². The van der Waals surface area contributed by atoms with Gasteiger partial charge in [-0.2, -0.15) is 5.10 Å². The predicted octanol–water partition coefficient (Wildman–Crippen LogP) is 0.711. The minimum atomic E-state index is 0.536. The summed E-state index contributed by atoms with van der Waals surface area (Å²) in [5, 5.41) is 4.24. The lowest BCUT2D eigenvalue weighted by Crippen LogP contribution is -1.98. The maximum atomic E-state index is 5.79. The second kappa shape index (κ2) is 3.58. The van der Waals surface area contributed by atoms with Crippen molar-refractivity contribution in [3.8, 4) is 0 Å². The van der Waals surface area contributed by atoms with Crippen LogP contribution in [0.1, 0.15) is 18.2 Å². The molecule has 0 unspecified atom stereocenters. The SMILES string of the molecule is CCc1c(COC)nn(C)c1N. The fourth-order valence-electron chi connectivity index (χ4n) is 1.28. The average molecular weight is 169 g/mol. The number of rotatable bonds is 3. The normalized spacial score (nSPS) is 10.6. The van der Waals surface area contributed by atoms with Gasteiger partial charge in [-0.3, -0.25) is 4.68 Å². The summed E-state index contributed by atoms with van der Waals surface area (Å²) >= 11 is 0. The minimum absolute atomic E-state index is 0.536. The third kappa shape index (κ3) is 1.43. The van der Waals surface area contributed by atoms with Crippen molar-refractivity contribution < 1.29 is 4.74 Å². The summed E-state index contributed by atoms with van der Waals surface area (Å²) < 4.78 is 6.70. The molecule has 1 aromatic heterocycles. The Morgan fingerprint density at radius 3 is 2.75 bits per heavy atom. The van der Waals surface area contributed by atoms with Gasteiger partial charge in [0.05, 0.1) is 12.3 Å². The summed E-state index contributed by atoms with van der Waals surface area (Å²) in [5.74, 6) is 0.740. The van der Waals surface area contributed by atoms with Crippen LogP contribution in [0.2, 0.25) is 0 Å². The Balaban J connectivity index is 3.02. The third-order valence-corrected chi connectivity index (χ3v) is 1.91. The van der Waals surface area contributed by atoms with E-state index < -0.39 is 0 Å². The molecule has 12 heavy (non-hydrogen) atoms. The molecule has 0 aliphatic carbocycles. The first kappa shape index (κ1) is 9.06. The molecule has 0 amide bonds. The van der Waals surface area contributed by atoms with Crippen LogP contribution in [0, 0.1) is 0 Å². The molecule has 1 heterocycles. The quantitative estimate of drug-likeness (QED) is 0.725. The van der Waals surface area contributed by atoms with Crippen molar-refractivity contribution in [2.45, 2.75) is 20.0 Å². The number of nitrogens with zero attached hydrogens (tertiary/aromatic N) is 2. The first-order valence-corrected chi connectivity index (χ1v) is 3.99. The number of aryl methyl sites for hydroxylation is 1. The van der Waals surface area contributed by atoms with Crippen LogP contribution < -0.4 is 5.73 Å². The molecule has 0 aliphatic rings. The topological polar surface area (TPSA) is 53.1 Å². The van der Waals surface area contributed by atoms with Crippen LogP contribution in [0.4, 0.5) is 5.82 Å². The molecule has 0 aliphatic heterocycles. The Bertz CT molecular complexity index is 268. The van der Waals surface area contributed by atoms with Crippen LogP contribution in [0.5, 0.6) is 0 Å². The molecule has 0 fully saturated rings.